The van der Waals surface area contributed by atoms with Gasteiger partial charge in [0.15, 0.2) is 0 Å². The largest absolute Gasteiger partial charge is 0.390 e. The summed E-state index contributed by atoms with van der Waals surface area (Å²) in [5, 5.41) is 8.14. The summed E-state index contributed by atoms with van der Waals surface area (Å²) >= 11 is 0. The summed E-state index contributed by atoms with van der Waals surface area (Å²) in [6, 6.07) is 8.79. The van der Waals surface area contributed by atoms with Crippen molar-refractivity contribution >= 4 is 22.2 Å². The Morgan fingerprint density at radius 1 is 1.24 bits per heavy atom. The van der Waals surface area contributed by atoms with Crippen LogP contribution in [-0.4, -0.2) is 17.6 Å². The average molecular weight is 223 g/mol. The van der Waals surface area contributed by atoms with Crippen LogP contribution in [0.4, 0.5) is 5.69 Å². The zero-order chi connectivity index (χ0) is 11.2. The maximum absolute atomic E-state index is 4.50. The molecule has 0 spiro atoms. The van der Waals surface area contributed by atoms with Crippen molar-refractivity contribution in [2.45, 2.75) is 12.5 Å². The van der Waals surface area contributed by atoms with Crippen molar-refractivity contribution in [2.24, 2.45) is 0 Å². The Morgan fingerprint density at radius 3 is 3.18 bits per heavy atom. The highest BCUT2D eigenvalue weighted by atomic mass is 15.0. The maximum Gasteiger partial charge on any atom is 0.0709 e. The molecule has 3 nitrogen and oxygen atoms in total. The highest BCUT2D eigenvalue weighted by Gasteiger charge is 2.29. The molecule has 3 heteroatoms. The quantitative estimate of drug-likeness (QED) is 0.720. The lowest BCUT2D eigenvalue weighted by molar-refractivity contribution is 0.699. The lowest BCUT2D eigenvalue weighted by atomic mass is 9.96. The highest BCUT2D eigenvalue weighted by Crippen LogP contribution is 2.40. The Labute approximate surface area is 99.6 Å². The number of aromatic nitrogens is 1. The van der Waals surface area contributed by atoms with Gasteiger partial charge in [-0.05, 0) is 12.5 Å². The normalized spacial score (nSPS) is 21.2. The van der Waals surface area contributed by atoms with Gasteiger partial charge < -0.3 is 10.6 Å². The molecule has 1 aromatic heterocycles. The Balaban J connectivity index is 2.05. The van der Waals surface area contributed by atoms with Gasteiger partial charge in [0.05, 0.1) is 23.4 Å². The van der Waals surface area contributed by atoms with Gasteiger partial charge in [0, 0.05) is 29.3 Å². The summed E-state index contributed by atoms with van der Waals surface area (Å²) in [6.45, 7) is 1.04. The lowest BCUT2D eigenvalue weighted by Crippen LogP contribution is -2.26. The number of hydrogen-bond acceptors (Lipinski definition) is 3. The van der Waals surface area contributed by atoms with E-state index in [2.05, 4.69) is 40.0 Å². The van der Waals surface area contributed by atoms with Gasteiger partial charge in [0.1, 0.15) is 0 Å². The van der Waals surface area contributed by atoms with E-state index >= 15 is 0 Å². The predicted molar refractivity (Wildman–Crippen MR) is 69.8 cm³/mol. The Hall–Kier alpha value is -2.03. The molecule has 0 radical (unpaired) electrons. The summed E-state index contributed by atoms with van der Waals surface area (Å²) < 4.78 is 0. The standard InChI is InChI=1S/C14H13N3/c1-2-4-11-9(3-1)14-10-7-15-6-5-12(10)17-13(14)8-16-11/h1-4,7-8,12,15,17H,5-6H2. The zero-order valence-corrected chi connectivity index (χ0v) is 9.40. The third-order valence-corrected chi connectivity index (χ3v) is 3.60. The minimum Gasteiger partial charge on any atom is -0.390 e. The number of para-hydroxylation sites is 1. The number of fused-ring (bicyclic) bond motifs is 5. The molecule has 1 aromatic carbocycles. The molecule has 0 saturated carbocycles. The van der Waals surface area contributed by atoms with Gasteiger partial charge in [0.25, 0.3) is 0 Å². The van der Waals surface area contributed by atoms with E-state index in [0.717, 1.165) is 18.5 Å². The van der Waals surface area contributed by atoms with Crippen molar-refractivity contribution in [3.63, 3.8) is 0 Å². The second-order valence-electron chi connectivity index (χ2n) is 4.60. The molecule has 2 aliphatic rings. The molecule has 4 rings (SSSR count). The number of nitrogens with zero attached hydrogens (tertiary/aromatic N) is 1. The summed E-state index contributed by atoms with van der Waals surface area (Å²) in [6.07, 6.45) is 5.24. The van der Waals surface area contributed by atoms with Gasteiger partial charge in [-0.3, -0.25) is 4.98 Å². The zero-order valence-electron chi connectivity index (χ0n) is 9.40. The van der Waals surface area contributed by atoms with E-state index in [4.69, 9.17) is 0 Å². The van der Waals surface area contributed by atoms with Crippen LogP contribution in [0.5, 0.6) is 0 Å². The molecule has 17 heavy (non-hydrogen) atoms. The van der Waals surface area contributed by atoms with Gasteiger partial charge in [-0.25, -0.2) is 0 Å². The number of hydrogen-bond donors (Lipinski definition) is 2. The fourth-order valence-corrected chi connectivity index (χ4v) is 2.81. The number of benzene rings is 1. The van der Waals surface area contributed by atoms with Crippen molar-refractivity contribution in [1.29, 1.82) is 0 Å². The average Bonchev–Trinajstić information content (AvgIpc) is 2.77. The van der Waals surface area contributed by atoms with E-state index in [0.29, 0.717) is 6.04 Å². The van der Waals surface area contributed by atoms with Crippen molar-refractivity contribution in [3.8, 4) is 0 Å². The third kappa shape index (κ3) is 1.19. The second-order valence-corrected chi connectivity index (χ2v) is 4.60. The van der Waals surface area contributed by atoms with Gasteiger partial charge in [-0.1, -0.05) is 18.2 Å². The number of rotatable bonds is 0. The summed E-state index contributed by atoms with van der Waals surface area (Å²) in [4.78, 5) is 4.50. The SMILES string of the molecule is C1=C2c3c(cnc4ccccc34)NC2CCN1. The van der Waals surface area contributed by atoms with Gasteiger partial charge in [0.2, 0.25) is 0 Å². The number of pyridine rings is 1. The molecule has 0 aliphatic carbocycles. The van der Waals surface area contributed by atoms with Crippen LogP contribution in [0.1, 0.15) is 12.0 Å². The number of anilines is 1. The molecule has 1 unspecified atom stereocenters. The monoisotopic (exact) mass is 223 g/mol. The molecular formula is C14H13N3. The van der Waals surface area contributed by atoms with E-state index in [1.807, 2.05) is 12.3 Å². The Bertz CT molecular complexity index is 630. The van der Waals surface area contributed by atoms with Crippen LogP contribution in [0.15, 0.2) is 36.7 Å². The molecule has 84 valence electrons. The van der Waals surface area contributed by atoms with Crippen molar-refractivity contribution in [3.05, 3.63) is 42.2 Å². The van der Waals surface area contributed by atoms with Gasteiger partial charge in [-0.2, -0.15) is 0 Å². The minimum absolute atomic E-state index is 0.457. The molecule has 3 heterocycles. The molecule has 2 aromatic rings. The van der Waals surface area contributed by atoms with Gasteiger partial charge >= 0.3 is 0 Å². The van der Waals surface area contributed by atoms with E-state index in [9.17, 15) is 0 Å². The van der Waals surface area contributed by atoms with Crippen LogP contribution in [-0.2, 0) is 0 Å². The number of nitrogens with one attached hydrogen (secondary N) is 2. The smallest absolute Gasteiger partial charge is 0.0709 e. The molecule has 1 atom stereocenters. The molecule has 2 aliphatic heterocycles. The first-order valence-corrected chi connectivity index (χ1v) is 6.01. The molecule has 0 amide bonds. The predicted octanol–water partition coefficient (Wildman–Crippen LogP) is 2.36. The minimum atomic E-state index is 0.457. The van der Waals surface area contributed by atoms with E-state index in [1.165, 1.54) is 22.2 Å². The Kier molecular flexibility index (Phi) is 1.72. The van der Waals surface area contributed by atoms with Crippen LogP contribution in [0.2, 0.25) is 0 Å². The summed E-state index contributed by atoms with van der Waals surface area (Å²) in [5.74, 6) is 0. The van der Waals surface area contributed by atoms with Crippen LogP contribution in [0, 0.1) is 0 Å². The first-order chi connectivity index (χ1) is 8.43. The first-order valence-electron chi connectivity index (χ1n) is 6.01. The molecule has 2 N–H and O–H groups in total. The van der Waals surface area contributed by atoms with Crippen LogP contribution < -0.4 is 10.6 Å². The molecule has 0 saturated heterocycles. The molecular weight excluding hydrogens is 210 g/mol. The van der Waals surface area contributed by atoms with E-state index in [-0.39, 0.29) is 0 Å². The fraction of sp³-hybridized carbons (Fsp3) is 0.214. The molecule has 0 fully saturated rings. The lowest BCUT2D eigenvalue weighted by Gasteiger charge is -2.18. The van der Waals surface area contributed by atoms with Crippen LogP contribution in [0.3, 0.4) is 0 Å². The third-order valence-electron chi connectivity index (χ3n) is 3.60. The summed E-state index contributed by atoms with van der Waals surface area (Å²) in [5.41, 5.74) is 4.95. The van der Waals surface area contributed by atoms with Crippen molar-refractivity contribution in [1.82, 2.24) is 10.3 Å². The van der Waals surface area contributed by atoms with E-state index in [1.54, 1.807) is 0 Å². The second kappa shape index (κ2) is 3.23. The van der Waals surface area contributed by atoms with Crippen molar-refractivity contribution < 1.29 is 0 Å². The fourth-order valence-electron chi connectivity index (χ4n) is 2.81. The highest BCUT2D eigenvalue weighted by molar-refractivity contribution is 6.01. The van der Waals surface area contributed by atoms with Gasteiger partial charge in [-0.15, -0.1) is 0 Å². The summed E-state index contributed by atoms with van der Waals surface area (Å²) in [7, 11) is 0. The Morgan fingerprint density at radius 2 is 2.18 bits per heavy atom. The van der Waals surface area contributed by atoms with Crippen LogP contribution in [0.25, 0.3) is 16.5 Å². The maximum atomic E-state index is 4.50. The topological polar surface area (TPSA) is 37.0 Å². The van der Waals surface area contributed by atoms with Crippen LogP contribution >= 0.6 is 0 Å². The van der Waals surface area contributed by atoms with E-state index < -0.39 is 0 Å². The molecule has 0 bridgehead atoms. The first kappa shape index (κ1) is 9.05. The van der Waals surface area contributed by atoms with Crippen molar-refractivity contribution in [2.75, 3.05) is 11.9 Å².